The van der Waals surface area contributed by atoms with Crippen LogP contribution in [0, 0.1) is 6.92 Å². The number of para-hydroxylation sites is 2. The summed E-state index contributed by atoms with van der Waals surface area (Å²) >= 11 is 0. The van der Waals surface area contributed by atoms with Crippen molar-refractivity contribution in [3.63, 3.8) is 0 Å². The molecule has 4 aromatic carbocycles. The van der Waals surface area contributed by atoms with Crippen LogP contribution in [0.3, 0.4) is 0 Å². The predicted octanol–water partition coefficient (Wildman–Crippen LogP) is 6.48. The minimum Gasteiger partial charge on any atom is -0.346 e. The van der Waals surface area contributed by atoms with Gasteiger partial charge in [0.1, 0.15) is 5.82 Å². The highest BCUT2D eigenvalue weighted by molar-refractivity contribution is 5.80. The number of rotatable bonds is 7. The average molecular weight is 460 g/mol. The van der Waals surface area contributed by atoms with Gasteiger partial charge in [-0.15, -0.1) is 0 Å². The molecule has 35 heavy (non-hydrogen) atoms. The van der Waals surface area contributed by atoms with Gasteiger partial charge in [0.05, 0.1) is 23.5 Å². The molecule has 0 radical (unpaired) electrons. The van der Waals surface area contributed by atoms with E-state index >= 15 is 0 Å². The Kier molecular flexibility index (Phi) is 6.44. The number of aromatic nitrogens is 2. The van der Waals surface area contributed by atoms with E-state index in [1.54, 1.807) is 0 Å². The van der Waals surface area contributed by atoms with E-state index in [-0.39, 0.29) is 11.9 Å². The number of imidazole rings is 1. The third-order valence-corrected chi connectivity index (χ3v) is 6.34. The van der Waals surface area contributed by atoms with Crippen LogP contribution in [0.25, 0.3) is 22.2 Å². The fourth-order valence-electron chi connectivity index (χ4n) is 4.46. The first-order valence-electron chi connectivity index (χ1n) is 12.0. The number of amides is 1. The van der Waals surface area contributed by atoms with E-state index in [0.717, 1.165) is 28.0 Å². The van der Waals surface area contributed by atoms with Crippen molar-refractivity contribution in [1.29, 1.82) is 0 Å². The maximum absolute atomic E-state index is 12.9. The van der Waals surface area contributed by atoms with Crippen molar-refractivity contribution in [2.75, 3.05) is 0 Å². The molecule has 0 saturated carbocycles. The molecular formula is C31H29N3O. The number of nitrogens with zero attached hydrogens (tertiary/aromatic N) is 2. The molecule has 174 valence electrons. The number of fused-ring (bicyclic) bond motifs is 1. The van der Waals surface area contributed by atoms with Gasteiger partial charge < -0.3 is 9.88 Å². The Balaban J connectivity index is 1.32. The largest absolute Gasteiger partial charge is 0.346 e. The third kappa shape index (κ3) is 5.17. The molecule has 0 aliphatic heterocycles. The molecule has 1 heterocycles. The quantitative estimate of drug-likeness (QED) is 0.303. The van der Waals surface area contributed by atoms with Crippen LogP contribution in [0.4, 0.5) is 0 Å². The van der Waals surface area contributed by atoms with E-state index in [1.807, 2.05) is 55.5 Å². The number of aryl methyl sites for hydroxylation is 1. The minimum atomic E-state index is -0.219. The molecule has 0 saturated heterocycles. The molecule has 5 rings (SSSR count). The Morgan fingerprint density at radius 1 is 0.800 bits per heavy atom. The molecule has 1 unspecified atom stereocenters. The van der Waals surface area contributed by atoms with Crippen molar-refractivity contribution in [2.24, 2.45) is 0 Å². The summed E-state index contributed by atoms with van der Waals surface area (Å²) in [5.74, 6) is 0.846. The van der Waals surface area contributed by atoms with Gasteiger partial charge in [-0.05, 0) is 48.2 Å². The maximum Gasteiger partial charge on any atom is 0.224 e. The molecule has 1 aromatic heterocycles. The Morgan fingerprint density at radius 2 is 1.43 bits per heavy atom. The van der Waals surface area contributed by atoms with E-state index in [9.17, 15) is 4.79 Å². The van der Waals surface area contributed by atoms with Gasteiger partial charge >= 0.3 is 0 Å². The van der Waals surface area contributed by atoms with E-state index in [1.165, 1.54) is 16.7 Å². The normalized spacial score (nSPS) is 11.9. The van der Waals surface area contributed by atoms with Gasteiger partial charge in [0.2, 0.25) is 5.91 Å². The summed E-state index contributed by atoms with van der Waals surface area (Å²) in [6.45, 7) is 4.80. The molecule has 1 N–H and O–H groups in total. The number of hydrogen-bond acceptors (Lipinski definition) is 2. The van der Waals surface area contributed by atoms with Gasteiger partial charge in [-0.1, -0.05) is 96.6 Å². The first-order chi connectivity index (χ1) is 17.1. The third-order valence-electron chi connectivity index (χ3n) is 6.34. The molecule has 4 heteroatoms. The second kappa shape index (κ2) is 9.98. The van der Waals surface area contributed by atoms with Gasteiger partial charge in [-0.3, -0.25) is 4.79 Å². The van der Waals surface area contributed by atoms with E-state index in [4.69, 9.17) is 4.98 Å². The summed E-state index contributed by atoms with van der Waals surface area (Å²) in [6.07, 6.45) is 0.331. The lowest BCUT2D eigenvalue weighted by Gasteiger charge is -2.17. The molecule has 0 aliphatic carbocycles. The second-order valence-electron chi connectivity index (χ2n) is 9.06. The zero-order chi connectivity index (χ0) is 24.2. The number of hydrogen-bond donors (Lipinski definition) is 1. The van der Waals surface area contributed by atoms with Crippen LogP contribution in [-0.4, -0.2) is 15.5 Å². The van der Waals surface area contributed by atoms with Crippen molar-refractivity contribution >= 4 is 16.9 Å². The smallest absolute Gasteiger partial charge is 0.224 e. The summed E-state index contributed by atoms with van der Waals surface area (Å²) in [6, 6.07) is 34.9. The lowest BCUT2D eigenvalue weighted by molar-refractivity contribution is -0.121. The first kappa shape index (κ1) is 22.6. The monoisotopic (exact) mass is 459 g/mol. The number of carbonyl (C=O) groups excluding carboxylic acids is 1. The van der Waals surface area contributed by atoms with Gasteiger partial charge in [0.25, 0.3) is 0 Å². The molecule has 0 bridgehead atoms. The highest BCUT2D eigenvalue weighted by Gasteiger charge is 2.19. The lowest BCUT2D eigenvalue weighted by atomic mass is 10.0. The number of benzene rings is 4. The standard InChI is InChI=1S/C31H29N3O/c1-22-12-14-25(15-13-22)21-34-29-11-7-6-10-28(29)33-31(34)23(2)32-30(35)20-24-16-18-27(19-17-24)26-8-4-3-5-9-26/h3-19,23H,20-21H2,1-2H3,(H,32,35). The number of nitrogens with one attached hydrogen (secondary N) is 1. The Labute approximate surface area is 206 Å². The summed E-state index contributed by atoms with van der Waals surface area (Å²) in [4.78, 5) is 17.8. The molecular weight excluding hydrogens is 430 g/mol. The van der Waals surface area contributed by atoms with E-state index < -0.39 is 0 Å². The van der Waals surface area contributed by atoms with Gasteiger partial charge in [-0.25, -0.2) is 4.98 Å². The Morgan fingerprint density at radius 3 is 2.17 bits per heavy atom. The molecule has 1 atom stereocenters. The van der Waals surface area contributed by atoms with Crippen molar-refractivity contribution in [2.45, 2.75) is 32.9 Å². The van der Waals surface area contributed by atoms with Crippen LogP contribution >= 0.6 is 0 Å². The van der Waals surface area contributed by atoms with Crippen LogP contribution in [0.5, 0.6) is 0 Å². The zero-order valence-electron chi connectivity index (χ0n) is 20.1. The van der Waals surface area contributed by atoms with E-state index in [0.29, 0.717) is 13.0 Å². The second-order valence-corrected chi connectivity index (χ2v) is 9.06. The van der Waals surface area contributed by atoms with Crippen LogP contribution in [-0.2, 0) is 17.8 Å². The topological polar surface area (TPSA) is 46.9 Å². The highest BCUT2D eigenvalue weighted by atomic mass is 16.1. The maximum atomic E-state index is 12.9. The summed E-state index contributed by atoms with van der Waals surface area (Å²) in [7, 11) is 0. The van der Waals surface area contributed by atoms with Gasteiger partial charge in [0, 0.05) is 6.54 Å². The highest BCUT2D eigenvalue weighted by Crippen LogP contribution is 2.23. The fraction of sp³-hybridized carbons (Fsp3) is 0.161. The first-order valence-corrected chi connectivity index (χ1v) is 12.0. The molecule has 0 fully saturated rings. The summed E-state index contributed by atoms with van der Waals surface area (Å²) in [5, 5.41) is 3.16. The minimum absolute atomic E-state index is 0.0149. The fourth-order valence-corrected chi connectivity index (χ4v) is 4.46. The number of carbonyl (C=O) groups is 1. The molecule has 4 nitrogen and oxygen atoms in total. The van der Waals surface area contributed by atoms with E-state index in [2.05, 4.69) is 71.4 Å². The Hall–Kier alpha value is -4.18. The SMILES string of the molecule is Cc1ccc(Cn2c(C(C)NC(=O)Cc3ccc(-c4ccccc4)cc3)nc3ccccc32)cc1. The van der Waals surface area contributed by atoms with Gasteiger partial charge in [0.15, 0.2) is 0 Å². The van der Waals surface area contributed by atoms with Gasteiger partial charge in [-0.2, -0.15) is 0 Å². The zero-order valence-corrected chi connectivity index (χ0v) is 20.1. The van der Waals surface area contributed by atoms with Crippen molar-refractivity contribution < 1.29 is 4.79 Å². The van der Waals surface area contributed by atoms with Crippen LogP contribution < -0.4 is 5.32 Å². The molecule has 0 spiro atoms. The summed E-state index contributed by atoms with van der Waals surface area (Å²) < 4.78 is 2.21. The van der Waals surface area contributed by atoms with Crippen LogP contribution in [0.2, 0.25) is 0 Å². The molecule has 1 amide bonds. The van der Waals surface area contributed by atoms with Crippen LogP contribution in [0.15, 0.2) is 103 Å². The molecule has 5 aromatic rings. The van der Waals surface area contributed by atoms with Crippen molar-refractivity contribution in [1.82, 2.24) is 14.9 Å². The lowest BCUT2D eigenvalue weighted by Crippen LogP contribution is -2.30. The van der Waals surface area contributed by atoms with Crippen molar-refractivity contribution in [3.05, 3.63) is 126 Å². The predicted molar refractivity (Wildman–Crippen MR) is 142 cm³/mol. The average Bonchev–Trinajstić information content (AvgIpc) is 3.25. The Bertz CT molecular complexity index is 1430. The molecule has 0 aliphatic rings. The summed E-state index contributed by atoms with van der Waals surface area (Å²) in [5.41, 5.74) is 7.76. The van der Waals surface area contributed by atoms with Crippen molar-refractivity contribution in [3.8, 4) is 11.1 Å². The van der Waals surface area contributed by atoms with Crippen LogP contribution in [0.1, 0.15) is 35.5 Å².